The van der Waals surface area contributed by atoms with Gasteiger partial charge in [0.05, 0.1) is 24.7 Å². The molecule has 1 aromatic carbocycles. The van der Waals surface area contributed by atoms with Crippen LogP contribution in [0.1, 0.15) is 35.2 Å². The lowest BCUT2D eigenvalue weighted by Gasteiger charge is -2.46. The Labute approximate surface area is 179 Å². The topological polar surface area (TPSA) is 71.3 Å². The zero-order valence-corrected chi connectivity index (χ0v) is 16.9. The Morgan fingerprint density at radius 3 is 2.42 bits per heavy atom. The summed E-state index contributed by atoms with van der Waals surface area (Å²) in [6.07, 6.45) is 6.80. The van der Waals surface area contributed by atoms with Gasteiger partial charge in [0, 0.05) is 37.1 Å². The first-order valence-corrected chi connectivity index (χ1v) is 10.3. The minimum absolute atomic E-state index is 0.0584. The average Bonchev–Trinajstić information content (AvgIpc) is 3.29. The summed E-state index contributed by atoms with van der Waals surface area (Å²) in [5, 5.41) is 4.56. The standard InChI is InChI=1S/C23H22FN5O2/c24-19-3-1-18(2-4-19)22(31)27-13-8-23(9-14-27)15-21(30)28(20-7-12-26-29(20)23)16-17-5-10-25-11-6-17/h1-7,10-12H,8-9,13-16H2. The van der Waals surface area contributed by atoms with Gasteiger partial charge in [0.25, 0.3) is 5.91 Å². The number of hydrogen-bond donors (Lipinski definition) is 0. The van der Waals surface area contributed by atoms with Crippen molar-refractivity contribution in [2.45, 2.75) is 31.3 Å². The quantitative estimate of drug-likeness (QED) is 0.654. The van der Waals surface area contributed by atoms with Gasteiger partial charge in [0.2, 0.25) is 5.91 Å². The molecular weight excluding hydrogens is 397 g/mol. The molecule has 1 saturated heterocycles. The van der Waals surface area contributed by atoms with E-state index in [0.29, 0.717) is 44.5 Å². The van der Waals surface area contributed by atoms with E-state index in [2.05, 4.69) is 10.1 Å². The van der Waals surface area contributed by atoms with Gasteiger partial charge >= 0.3 is 0 Å². The van der Waals surface area contributed by atoms with E-state index in [0.717, 1.165) is 11.4 Å². The number of rotatable bonds is 3. The molecule has 0 N–H and O–H groups in total. The molecule has 0 atom stereocenters. The van der Waals surface area contributed by atoms with Gasteiger partial charge in [0.1, 0.15) is 11.6 Å². The molecule has 8 heteroatoms. The number of piperidine rings is 1. The predicted molar refractivity (Wildman–Crippen MR) is 112 cm³/mol. The first kappa shape index (κ1) is 19.4. The number of benzene rings is 1. The fraction of sp³-hybridized carbons (Fsp3) is 0.304. The maximum absolute atomic E-state index is 13.2. The number of nitrogens with zero attached hydrogens (tertiary/aromatic N) is 5. The molecule has 158 valence electrons. The van der Waals surface area contributed by atoms with Gasteiger partial charge in [-0.2, -0.15) is 5.10 Å². The van der Waals surface area contributed by atoms with Gasteiger partial charge < -0.3 is 4.90 Å². The van der Waals surface area contributed by atoms with Gasteiger partial charge in [0.15, 0.2) is 0 Å². The molecule has 7 nitrogen and oxygen atoms in total. The highest BCUT2D eigenvalue weighted by Gasteiger charge is 2.46. The lowest BCUT2D eigenvalue weighted by atomic mass is 9.82. The summed E-state index contributed by atoms with van der Waals surface area (Å²) in [7, 11) is 0. The number of fused-ring (bicyclic) bond motifs is 2. The summed E-state index contributed by atoms with van der Waals surface area (Å²) in [6, 6.07) is 11.3. The van der Waals surface area contributed by atoms with Crippen molar-refractivity contribution in [2.75, 3.05) is 18.0 Å². The summed E-state index contributed by atoms with van der Waals surface area (Å²) in [5.41, 5.74) is 1.05. The Balaban J connectivity index is 1.35. The van der Waals surface area contributed by atoms with Crippen molar-refractivity contribution in [3.05, 3.63) is 78.0 Å². The third kappa shape index (κ3) is 3.48. The van der Waals surface area contributed by atoms with Crippen molar-refractivity contribution in [2.24, 2.45) is 0 Å². The lowest BCUT2D eigenvalue weighted by Crippen LogP contribution is -2.54. The molecule has 4 heterocycles. The Morgan fingerprint density at radius 1 is 1.00 bits per heavy atom. The van der Waals surface area contributed by atoms with Gasteiger partial charge in [-0.1, -0.05) is 0 Å². The van der Waals surface area contributed by atoms with Crippen molar-refractivity contribution >= 4 is 17.6 Å². The van der Waals surface area contributed by atoms with Crippen molar-refractivity contribution < 1.29 is 14.0 Å². The molecule has 0 unspecified atom stereocenters. The van der Waals surface area contributed by atoms with E-state index in [4.69, 9.17) is 0 Å². The van der Waals surface area contributed by atoms with E-state index in [1.807, 2.05) is 22.9 Å². The zero-order chi connectivity index (χ0) is 21.4. The first-order valence-electron chi connectivity index (χ1n) is 10.3. The second-order valence-corrected chi connectivity index (χ2v) is 8.14. The molecule has 5 rings (SSSR count). The van der Waals surface area contributed by atoms with Crippen molar-refractivity contribution in [1.29, 1.82) is 0 Å². The molecule has 0 bridgehead atoms. The SMILES string of the molecule is O=C(c1ccc(F)cc1)N1CCC2(CC1)CC(=O)N(Cc1ccncc1)c1ccnn12. The molecule has 2 aliphatic heterocycles. The number of carbonyl (C=O) groups excluding carboxylic acids is 2. The van der Waals surface area contributed by atoms with E-state index in [-0.39, 0.29) is 17.6 Å². The van der Waals surface area contributed by atoms with Crippen LogP contribution < -0.4 is 4.90 Å². The van der Waals surface area contributed by atoms with Gasteiger partial charge in [-0.05, 0) is 54.8 Å². The summed E-state index contributed by atoms with van der Waals surface area (Å²) < 4.78 is 15.1. The van der Waals surface area contributed by atoms with Crippen molar-refractivity contribution in [3.63, 3.8) is 0 Å². The highest BCUT2D eigenvalue weighted by Crippen LogP contribution is 2.41. The number of amides is 2. The number of halogens is 1. The van der Waals surface area contributed by atoms with Gasteiger partial charge in [-0.15, -0.1) is 0 Å². The van der Waals surface area contributed by atoms with Crippen LogP contribution in [0.5, 0.6) is 0 Å². The molecular formula is C23H22FN5O2. The fourth-order valence-electron chi connectivity index (χ4n) is 4.58. The highest BCUT2D eigenvalue weighted by atomic mass is 19.1. The Bertz CT molecular complexity index is 1100. The van der Waals surface area contributed by atoms with E-state index in [1.54, 1.807) is 28.4 Å². The number of aromatic nitrogens is 3. The summed E-state index contributed by atoms with van der Waals surface area (Å²) >= 11 is 0. The summed E-state index contributed by atoms with van der Waals surface area (Å²) in [5.74, 6) is 0.365. The number of hydrogen-bond acceptors (Lipinski definition) is 4. The molecule has 2 aromatic heterocycles. The Kier molecular flexibility index (Phi) is 4.77. The molecule has 1 fully saturated rings. The summed E-state index contributed by atoms with van der Waals surface area (Å²) in [6.45, 7) is 1.51. The van der Waals surface area contributed by atoms with Crippen LogP contribution in [0, 0.1) is 5.82 Å². The first-order chi connectivity index (χ1) is 15.1. The zero-order valence-electron chi connectivity index (χ0n) is 16.9. The van der Waals surface area contributed by atoms with Crippen LogP contribution in [-0.2, 0) is 16.9 Å². The average molecular weight is 419 g/mol. The van der Waals surface area contributed by atoms with E-state index in [9.17, 15) is 14.0 Å². The number of pyridine rings is 1. The molecule has 2 aliphatic rings. The van der Waals surface area contributed by atoms with Crippen LogP contribution in [0.25, 0.3) is 0 Å². The van der Waals surface area contributed by atoms with Crippen LogP contribution in [-0.4, -0.2) is 44.6 Å². The van der Waals surface area contributed by atoms with Crippen LogP contribution in [0.4, 0.5) is 10.2 Å². The molecule has 2 amide bonds. The molecule has 0 aliphatic carbocycles. The smallest absolute Gasteiger partial charge is 0.253 e. The fourth-order valence-corrected chi connectivity index (χ4v) is 4.58. The second kappa shape index (κ2) is 7.61. The third-order valence-corrected chi connectivity index (χ3v) is 6.29. The number of anilines is 1. The van der Waals surface area contributed by atoms with Crippen molar-refractivity contribution in [1.82, 2.24) is 19.7 Å². The van der Waals surface area contributed by atoms with Crippen LogP contribution in [0.2, 0.25) is 0 Å². The minimum atomic E-state index is -0.426. The molecule has 0 saturated carbocycles. The van der Waals surface area contributed by atoms with Crippen LogP contribution in [0.3, 0.4) is 0 Å². The number of likely N-dealkylation sites (tertiary alicyclic amines) is 1. The minimum Gasteiger partial charge on any atom is -0.338 e. The van der Waals surface area contributed by atoms with E-state index < -0.39 is 5.54 Å². The van der Waals surface area contributed by atoms with Gasteiger partial charge in [-0.25, -0.2) is 9.07 Å². The normalized spacial score (nSPS) is 17.6. The third-order valence-electron chi connectivity index (χ3n) is 6.29. The second-order valence-electron chi connectivity index (χ2n) is 8.14. The highest BCUT2D eigenvalue weighted by molar-refractivity contribution is 5.95. The Morgan fingerprint density at radius 2 is 1.71 bits per heavy atom. The molecule has 0 radical (unpaired) electrons. The maximum atomic E-state index is 13.2. The van der Waals surface area contributed by atoms with Crippen LogP contribution in [0.15, 0.2) is 61.1 Å². The predicted octanol–water partition coefficient (Wildman–Crippen LogP) is 2.99. The Hall–Kier alpha value is -3.55. The van der Waals surface area contributed by atoms with Gasteiger partial charge in [-0.3, -0.25) is 19.5 Å². The van der Waals surface area contributed by atoms with Crippen LogP contribution >= 0.6 is 0 Å². The molecule has 31 heavy (non-hydrogen) atoms. The largest absolute Gasteiger partial charge is 0.338 e. The summed E-state index contributed by atoms with van der Waals surface area (Å²) in [4.78, 5) is 33.5. The maximum Gasteiger partial charge on any atom is 0.253 e. The lowest BCUT2D eigenvalue weighted by molar-refractivity contribution is -0.123. The molecule has 3 aromatic rings. The van der Waals surface area contributed by atoms with E-state index >= 15 is 0 Å². The monoisotopic (exact) mass is 419 g/mol. The van der Waals surface area contributed by atoms with E-state index in [1.165, 1.54) is 24.3 Å². The number of carbonyl (C=O) groups is 2. The van der Waals surface area contributed by atoms with Crippen molar-refractivity contribution in [3.8, 4) is 0 Å². The molecule has 1 spiro atoms.